The van der Waals surface area contributed by atoms with Crippen LogP contribution in [0.25, 0.3) is 11.0 Å². The lowest BCUT2D eigenvalue weighted by Crippen LogP contribution is -1.91. The van der Waals surface area contributed by atoms with E-state index >= 15 is 0 Å². The molecule has 3 heteroatoms. The Morgan fingerprint density at radius 2 is 2.15 bits per heavy atom. The van der Waals surface area contributed by atoms with Crippen molar-refractivity contribution in [1.29, 1.82) is 0 Å². The van der Waals surface area contributed by atoms with Crippen LogP contribution in [0.3, 0.4) is 0 Å². The number of nitrogens with zero attached hydrogens (tertiary/aromatic N) is 2. The Bertz CT molecular complexity index is 440. The van der Waals surface area contributed by atoms with Crippen molar-refractivity contribution in [2.45, 2.75) is 6.92 Å². The van der Waals surface area contributed by atoms with Gasteiger partial charge in [0.25, 0.3) is 0 Å². The molecule has 1 heterocycles. The molecule has 0 radical (unpaired) electrons. The summed E-state index contributed by atoms with van der Waals surface area (Å²) in [6.07, 6.45) is 1.63. The summed E-state index contributed by atoms with van der Waals surface area (Å²) in [5.74, 6) is 0.557. The molecule has 1 aromatic carbocycles. The van der Waals surface area contributed by atoms with E-state index in [0.717, 1.165) is 16.6 Å². The molecule has 0 N–H and O–H groups in total. The van der Waals surface area contributed by atoms with E-state index in [9.17, 15) is 0 Å². The minimum absolute atomic E-state index is 0.557. The summed E-state index contributed by atoms with van der Waals surface area (Å²) in [6.45, 7) is 2.01. The van der Waals surface area contributed by atoms with E-state index in [0.29, 0.717) is 5.88 Å². The van der Waals surface area contributed by atoms with Crippen molar-refractivity contribution < 1.29 is 4.74 Å². The quantitative estimate of drug-likeness (QED) is 0.662. The Kier molecular flexibility index (Phi) is 1.85. The zero-order valence-electron chi connectivity index (χ0n) is 7.61. The van der Waals surface area contributed by atoms with Gasteiger partial charge >= 0.3 is 0 Å². The second-order valence-electron chi connectivity index (χ2n) is 2.86. The number of rotatable bonds is 1. The van der Waals surface area contributed by atoms with Crippen LogP contribution in [0.4, 0.5) is 0 Å². The highest BCUT2D eigenvalue weighted by atomic mass is 16.5. The molecule has 3 nitrogen and oxygen atoms in total. The van der Waals surface area contributed by atoms with Crippen LogP contribution in [0.1, 0.15) is 5.56 Å². The first kappa shape index (κ1) is 7.98. The number of hydrogen-bond donors (Lipinski definition) is 0. The fourth-order valence-corrected chi connectivity index (χ4v) is 1.26. The predicted octanol–water partition coefficient (Wildman–Crippen LogP) is 1.95. The number of hydrogen-bond acceptors (Lipinski definition) is 3. The number of para-hydroxylation sites is 1. The lowest BCUT2D eigenvalue weighted by molar-refractivity contribution is 0.397. The van der Waals surface area contributed by atoms with Crippen molar-refractivity contribution >= 4 is 11.0 Å². The second-order valence-corrected chi connectivity index (χ2v) is 2.86. The molecule has 2 aromatic rings. The summed E-state index contributed by atoms with van der Waals surface area (Å²) in [5.41, 5.74) is 2.92. The van der Waals surface area contributed by atoms with Gasteiger partial charge in [-0.1, -0.05) is 12.1 Å². The fraction of sp³-hybridized carbons (Fsp3) is 0.200. The zero-order valence-corrected chi connectivity index (χ0v) is 7.61. The molecule has 1 aromatic heterocycles. The normalized spacial score (nSPS) is 10.3. The van der Waals surface area contributed by atoms with E-state index in [-0.39, 0.29) is 0 Å². The van der Waals surface area contributed by atoms with Crippen LogP contribution < -0.4 is 4.74 Å². The maximum absolute atomic E-state index is 5.00. The minimum Gasteiger partial charge on any atom is -0.480 e. The maximum Gasteiger partial charge on any atom is 0.232 e. The highest BCUT2D eigenvalue weighted by Crippen LogP contribution is 2.16. The molecule has 0 atom stereocenters. The lowest BCUT2D eigenvalue weighted by Gasteiger charge is -2.02. The summed E-state index contributed by atoms with van der Waals surface area (Å²) >= 11 is 0. The van der Waals surface area contributed by atoms with Crippen molar-refractivity contribution in [3.8, 4) is 5.88 Å². The Labute approximate surface area is 76.4 Å². The number of fused-ring (bicyclic) bond motifs is 1. The van der Waals surface area contributed by atoms with E-state index in [1.165, 1.54) is 0 Å². The van der Waals surface area contributed by atoms with E-state index < -0.39 is 0 Å². The molecule has 0 saturated heterocycles. The smallest absolute Gasteiger partial charge is 0.232 e. The van der Waals surface area contributed by atoms with Gasteiger partial charge in [0.2, 0.25) is 5.88 Å². The average Bonchev–Trinajstić information content (AvgIpc) is 2.18. The largest absolute Gasteiger partial charge is 0.480 e. The Balaban J connectivity index is 2.74. The van der Waals surface area contributed by atoms with Crippen molar-refractivity contribution in [2.24, 2.45) is 0 Å². The molecule has 0 unspecified atom stereocenters. The van der Waals surface area contributed by atoms with Crippen LogP contribution in [0.15, 0.2) is 24.4 Å². The molecule has 13 heavy (non-hydrogen) atoms. The Hall–Kier alpha value is -1.64. The zero-order chi connectivity index (χ0) is 9.26. The predicted molar refractivity (Wildman–Crippen MR) is 50.8 cm³/mol. The number of aromatic nitrogens is 2. The van der Waals surface area contributed by atoms with Gasteiger partial charge in [-0.25, -0.2) is 9.97 Å². The molecule has 2 rings (SSSR count). The molecule has 0 fully saturated rings. The summed E-state index contributed by atoms with van der Waals surface area (Å²) in [5, 5.41) is 0. The third kappa shape index (κ3) is 1.33. The number of aryl methyl sites for hydroxylation is 1. The van der Waals surface area contributed by atoms with Crippen LogP contribution in [0, 0.1) is 6.92 Å². The van der Waals surface area contributed by atoms with Crippen LogP contribution >= 0.6 is 0 Å². The van der Waals surface area contributed by atoms with Gasteiger partial charge in [0.15, 0.2) is 0 Å². The van der Waals surface area contributed by atoms with Crippen molar-refractivity contribution in [1.82, 2.24) is 9.97 Å². The lowest BCUT2D eigenvalue weighted by atomic mass is 10.2. The number of benzene rings is 1. The third-order valence-electron chi connectivity index (χ3n) is 1.96. The van der Waals surface area contributed by atoms with Crippen molar-refractivity contribution in [3.63, 3.8) is 0 Å². The second kappa shape index (κ2) is 3.01. The summed E-state index contributed by atoms with van der Waals surface area (Å²) < 4.78 is 5.00. The Morgan fingerprint density at radius 3 is 2.92 bits per heavy atom. The minimum atomic E-state index is 0.557. The average molecular weight is 174 g/mol. The third-order valence-corrected chi connectivity index (χ3v) is 1.96. The molecule has 0 spiro atoms. The highest BCUT2D eigenvalue weighted by molar-refractivity contribution is 5.77. The first-order valence-electron chi connectivity index (χ1n) is 4.07. The molecular formula is C10H10N2O. The molecule has 0 bridgehead atoms. The first-order chi connectivity index (χ1) is 6.31. The van der Waals surface area contributed by atoms with Gasteiger partial charge in [-0.15, -0.1) is 0 Å². The van der Waals surface area contributed by atoms with E-state index in [4.69, 9.17) is 4.74 Å². The van der Waals surface area contributed by atoms with E-state index in [1.807, 2.05) is 25.1 Å². The highest BCUT2D eigenvalue weighted by Gasteiger charge is 2.00. The van der Waals surface area contributed by atoms with Gasteiger partial charge in [0.05, 0.1) is 24.3 Å². The summed E-state index contributed by atoms with van der Waals surface area (Å²) in [4.78, 5) is 8.53. The molecule has 0 aliphatic rings. The molecule has 0 aliphatic carbocycles. The number of ether oxygens (including phenoxy) is 1. The van der Waals surface area contributed by atoms with Crippen LogP contribution in [-0.4, -0.2) is 17.1 Å². The standard InChI is InChI=1S/C10H10N2O/c1-7-4-3-5-8-10(7)12-9(13-2)6-11-8/h3-6H,1-2H3. The van der Waals surface area contributed by atoms with Gasteiger partial charge in [-0.05, 0) is 18.6 Å². The number of methoxy groups -OCH3 is 1. The fourth-order valence-electron chi connectivity index (χ4n) is 1.26. The Morgan fingerprint density at radius 1 is 1.31 bits per heavy atom. The maximum atomic E-state index is 5.00. The van der Waals surface area contributed by atoms with Gasteiger partial charge in [-0.2, -0.15) is 0 Å². The SMILES string of the molecule is COc1cnc2cccc(C)c2n1. The molecule has 66 valence electrons. The summed E-state index contributed by atoms with van der Waals surface area (Å²) in [7, 11) is 1.59. The van der Waals surface area contributed by atoms with Gasteiger partial charge in [0, 0.05) is 0 Å². The first-order valence-corrected chi connectivity index (χ1v) is 4.07. The van der Waals surface area contributed by atoms with Gasteiger partial charge < -0.3 is 4.74 Å². The monoisotopic (exact) mass is 174 g/mol. The van der Waals surface area contributed by atoms with Crippen molar-refractivity contribution in [3.05, 3.63) is 30.0 Å². The van der Waals surface area contributed by atoms with E-state index in [1.54, 1.807) is 13.3 Å². The topological polar surface area (TPSA) is 35.0 Å². The van der Waals surface area contributed by atoms with Gasteiger partial charge in [0.1, 0.15) is 0 Å². The molecule has 0 saturated carbocycles. The van der Waals surface area contributed by atoms with E-state index in [2.05, 4.69) is 9.97 Å². The molecular weight excluding hydrogens is 164 g/mol. The van der Waals surface area contributed by atoms with Crippen molar-refractivity contribution in [2.75, 3.05) is 7.11 Å². The van der Waals surface area contributed by atoms with Crippen LogP contribution in [-0.2, 0) is 0 Å². The van der Waals surface area contributed by atoms with Crippen LogP contribution in [0.5, 0.6) is 5.88 Å². The molecule has 0 amide bonds. The summed E-state index contributed by atoms with van der Waals surface area (Å²) in [6, 6.07) is 5.92. The van der Waals surface area contributed by atoms with Gasteiger partial charge in [-0.3, -0.25) is 0 Å². The molecule has 0 aliphatic heterocycles. The van der Waals surface area contributed by atoms with Crippen LogP contribution in [0.2, 0.25) is 0 Å².